The summed E-state index contributed by atoms with van der Waals surface area (Å²) in [5, 5.41) is 3.65. The van der Waals surface area contributed by atoms with Gasteiger partial charge in [-0.2, -0.15) is 0 Å². The Hall–Kier alpha value is -0.0800. The fourth-order valence-corrected chi connectivity index (χ4v) is 3.10. The van der Waals surface area contributed by atoms with Crippen molar-refractivity contribution >= 4 is 0 Å². The normalized spacial score (nSPS) is 30.6. The van der Waals surface area contributed by atoms with Crippen molar-refractivity contribution < 1.29 is 4.74 Å². The molecule has 0 aromatic carbocycles. The van der Waals surface area contributed by atoms with Gasteiger partial charge in [0.15, 0.2) is 0 Å². The molecule has 2 aliphatic carbocycles. The second kappa shape index (κ2) is 6.61. The predicted molar refractivity (Wildman–Crippen MR) is 67.6 cm³/mol. The molecule has 2 saturated carbocycles. The van der Waals surface area contributed by atoms with Gasteiger partial charge in [0, 0.05) is 12.6 Å². The summed E-state index contributed by atoms with van der Waals surface area (Å²) in [5.41, 5.74) is 0. The number of hydrogen-bond donors (Lipinski definition) is 1. The van der Waals surface area contributed by atoms with Crippen LogP contribution in [0.4, 0.5) is 0 Å². The molecule has 0 spiro atoms. The number of nitrogens with one attached hydrogen (secondary N) is 1. The zero-order valence-corrected chi connectivity index (χ0v) is 10.7. The summed E-state index contributed by atoms with van der Waals surface area (Å²) in [6.07, 6.45) is 11.8. The van der Waals surface area contributed by atoms with E-state index in [9.17, 15) is 0 Å². The van der Waals surface area contributed by atoms with Gasteiger partial charge < -0.3 is 10.1 Å². The summed E-state index contributed by atoms with van der Waals surface area (Å²) < 4.78 is 5.56. The molecule has 2 heteroatoms. The lowest BCUT2D eigenvalue weighted by Gasteiger charge is -2.35. The molecule has 0 saturated heterocycles. The molecule has 0 heterocycles. The van der Waals surface area contributed by atoms with Crippen molar-refractivity contribution in [2.24, 2.45) is 5.92 Å². The van der Waals surface area contributed by atoms with Crippen molar-refractivity contribution in [3.05, 3.63) is 0 Å². The van der Waals surface area contributed by atoms with Crippen LogP contribution in [0.2, 0.25) is 0 Å². The van der Waals surface area contributed by atoms with Crippen molar-refractivity contribution in [2.75, 3.05) is 13.2 Å². The second-order valence-electron chi connectivity index (χ2n) is 5.49. The van der Waals surface area contributed by atoms with E-state index in [1.54, 1.807) is 0 Å². The highest BCUT2D eigenvalue weighted by atomic mass is 16.5. The van der Waals surface area contributed by atoms with E-state index < -0.39 is 0 Å². The maximum absolute atomic E-state index is 5.56. The van der Waals surface area contributed by atoms with E-state index >= 15 is 0 Å². The van der Waals surface area contributed by atoms with E-state index in [0.717, 1.165) is 18.6 Å². The minimum atomic E-state index is 0.553. The largest absolute Gasteiger partial charge is 0.378 e. The van der Waals surface area contributed by atoms with Crippen molar-refractivity contribution in [1.82, 2.24) is 5.32 Å². The number of rotatable bonds is 7. The Morgan fingerprint density at radius 3 is 2.62 bits per heavy atom. The third kappa shape index (κ3) is 3.74. The first-order chi connectivity index (χ1) is 7.88. The molecule has 2 fully saturated rings. The average molecular weight is 225 g/mol. The standard InChI is InChI=1S/C14H27NO/c1-2-16-14-10-13(11-14)15-9-5-8-12-6-3-4-7-12/h12-15H,2-11H2,1H3. The molecule has 0 aliphatic heterocycles. The third-order valence-electron chi connectivity index (χ3n) is 4.19. The van der Waals surface area contributed by atoms with Crippen LogP contribution in [0.1, 0.15) is 58.3 Å². The zero-order chi connectivity index (χ0) is 11.2. The van der Waals surface area contributed by atoms with Crippen molar-refractivity contribution in [2.45, 2.75) is 70.4 Å². The lowest BCUT2D eigenvalue weighted by Crippen LogP contribution is -2.45. The fraction of sp³-hybridized carbons (Fsp3) is 1.00. The lowest BCUT2D eigenvalue weighted by atomic mass is 9.89. The first kappa shape index (κ1) is 12.4. The highest BCUT2D eigenvalue weighted by Crippen LogP contribution is 2.28. The van der Waals surface area contributed by atoms with Gasteiger partial charge in [-0.3, -0.25) is 0 Å². The van der Waals surface area contributed by atoms with Crippen molar-refractivity contribution in [3.8, 4) is 0 Å². The number of ether oxygens (including phenoxy) is 1. The third-order valence-corrected chi connectivity index (χ3v) is 4.19. The van der Waals surface area contributed by atoms with Gasteiger partial charge in [0.05, 0.1) is 6.10 Å². The Kier molecular flexibility index (Phi) is 5.11. The Balaban J connectivity index is 1.41. The Bertz CT molecular complexity index is 183. The van der Waals surface area contributed by atoms with Gasteiger partial charge in [-0.1, -0.05) is 25.7 Å². The van der Waals surface area contributed by atoms with Gasteiger partial charge >= 0.3 is 0 Å². The summed E-state index contributed by atoms with van der Waals surface area (Å²) in [6.45, 7) is 4.18. The molecule has 0 aromatic rings. The molecule has 2 nitrogen and oxygen atoms in total. The molecular weight excluding hydrogens is 198 g/mol. The molecule has 0 unspecified atom stereocenters. The van der Waals surface area contributed by atoms with Crippen LogP contribution in [0, 0.1) is 5.92 Å². The van der Waals surface area contributed by atoms with Crippen LogP contribution in [-0.2, 0) is 4.74 Å². The zero-order valence-electron chi connectivity index (χ0n) is 10.7. The van der Waals surface area contributed by atoms with Crippen molar-refractivity contribution in [1.29, 1.82) is 0 Å². The molecule has 0 bridgehead atoms. The first-order valence-electron chi connectivity index (χ1n) is 7.23. The maximum Gasteiger partial charge on any atom is 0.0604 e. The average Bonchev–Trinajstić information content (AvgIpc) is 2.72. The Labute approximate surface area is 100 Å². The first-order valence-corrected chi connectivity index (χ1v) is 7.23. The summed E-state index contributed by atoms with van der Waals surface area (Å²) in [6, 6.07) is 0.750. The molecule has 0 radical (unpaired) electrons. The predicted octanol–water partition coefficient (Wildman–Crippen LogP) is 3.11. The summed E-state index contributed by atoms with van der Waals surface area (Å²) in [7, 11) is 0. The summed E-state index contributed by atoms with van der Waals surface area (Å²) in [5.74, 6) is 1.05. The lowest BCUT2D eigenvalue weighted by molar-refractivity contribution is -0.00980. The summed E-state index contributed by atoms with van der Waals surface area (Å²) >= 11 is 0. The monoisotopic (exact) mass is 225 g/mol. The van der Waals surface area contributed by atoms with Gasteiger partial charge in [0.1, 0.15) is 0 Å². The highest BCUT2D eigenvalue weighted by molar-refractivity contribution is 4.85. The quantitative estimate of drug-likeness (QED) is 0.672. The van der Waals surface area contributed by atoms with Gasteiger partial charge in [0.2, 0.25) is 0 Å². The van der Waals surface area contributed by atoms with Crippen LogP contribution < -0.4 is 5.32 Å². The van der Waals surface area contributed by atoms with E-state index in [4.69, 9.17) is 4.74 Å². The van der Waals surface area contributed by atoms with Gasteiger partial charge in [-0.05, 0) is 45.1 Å². The van der Waals surface area contributed by atoms with Gasteiger partial charge in [-0.15, -0.1) is 0 Å². The van der Waals surface area contributed by atoms with Gasteiger partial charge in [-0.25, -0.2) is 0 Å². The topological polar surface area (TPSA) is 21.3 Å². The van der Waals surface area contributed by atoms with Crippen LogP contribution in [-0.4, -0.2) is 25.3 Å². The van der Waals surface area contributed by atoms with Gasteiger partial charge in [0.25, 0.3) is 0 Å². The van der Waals surface area contributed by atoms with Crippen LogP contribution in [0.3, 0.4) is 0 Å². The van der Waals surface area contributed by atoms with Crippen LogP contribution in [0.25, 0.3) is 0 Å². The summed E-state index contributed by atoms with van der Waals surface area (Å²) in [4.78, 5) is 0. The van der Waals surface area contributed by atoms with Crippen molar-refractivity contribution in [3.63, 3.8) is 0 Å². The molecule has 1 N–H and O–H groups in total. The molecule has 2 rings (SSSR count). The molecule has 0 aromatic heterocycles. The van der Waals surface area contributed by atoms with E-state index in [0.29, 0.717) is 6.10 Å². The van der Waals surface area contributed by atoms with Crippen LogP contribution >= 0.6 is 0 Å². The SMILES string of the molecule is CCOC1CC(NCCCC2CCCC2)C1. The Morgan fingerprint density at radius 1 is 1.19 bits per heavy atom. The molecule has 0 amide bonds. The fourth-order valence-electron chi connectivity index (χ4n) is 3.10. The van der Waals surface area contributed by atoms with E-state index in [-0.39, 0.29) is 0 Å². The maximum atomic E-state index is 5.56. The van der Waals surface area contributed by atoms with E-state index in [2.05, 4.69) is 12.2 Å². The minimum Gasteiger partial charge on any atom is -0.378 e. The molecule has 0 atom stereocenters. The van der Waals surface area contributed by atoms with E-state index in [1.807, 2.05) is 0 Å². The molecule has 94 valence electrons. The van der Waals surface area contributed by atoms with E-state index in [1.165, 1.54) is 57.9 Å². The minimum absolute atomic E-state index is 0.553. The Morgan fingerprint density at radius 2 is 1.94 bits per heavy atom. The second-order valence-corrected chi connectivity index (χ2v) is 5.49. The van der Waals surface area contributed by atoms with Crippen LogP contribution in [0.5, 0.6) is 0 Å². The smallest absolute Gasteiger partial charge is 0.0604 e. The molecule has 2 aliphatic rings. The van der Waals surface area contributed by atoms with Crippen LogP contribution in [0.15, 0.2) is 0 Å². The number of hydrogen-bond acceptors (Lipinski definition) is 2. The molecular formula is C14H27NO. The highest BCUT2D eigenvalue weighted by Gasteiger charge is 2.28. The molecule has 16 heavy (non-hydrogen) atoms.